The van der Waals surface area contributed by atoms with Crippen molar-refractivity contribution in [3.63, 3.8) is 0 Å². The van der Waals surface area contributed by atoms with Crippen molar-refractivity contribution in [2.75, 3.05) is 13.2 Å². The van der Waals surface area contributed by atoms with Gasteiger partial charge in [0.15, 0.2) is 0 Å². The van der Waals surface area contributed by atoms with Crippen molar-refractivity contribution in [3.05, 3.63) is 23.4 Å². The highest BCUT2D eigenvalue weighted by Gasteiger charge is 2.05. The fourth-order valence-electron chi connectivity index (χ4n) is 1.18. The van der Waals surface area contributed by atoms with E-state index in [-0.39, 0.29) is 11.9 Å². The van der Waals surface area contributed by atoms with Gasteiger partial charge in [-0.25, -0.2) is 4.98 Å². The summed E-state index contributed by atoms with van der Waals surface area (Å²) in [5, 5.41) is 3.14. The molecular weight excluding hydrogens is 242 g/mol. The Morgan fingerprint density at radius 2 is 2.47 bits per heavy atom. The van der Waals surface area contributed by atoms with Gasteiger partial charge in [0.05, 0.1) is 6.54 Å². The standard InChI is InChI=1S/C11H16ClN3O2/c1-8(13)7-10(16)14-5-6-17-11-9(12)3-2-4-15-11/h2-4,8H,5-7,13H2,1H3,(H,14,16). The van der Waals surface area contributed by atoms with Gasteiger partial charge in [-0.3, -0.25) is 4.79 Å². The smallest absolute Gasteiger partial charge is 0.232 e. The lowest BCUT2D eigenvalue weighted by atomic mass is 10.2. The van der Waals surface area contributed by atoms with Gasteiger partial charge in [0.25, 0.3) is 0 Å². The summed E-state index contributed by atoms with van der Waals surface area (Å²) in [6.45, 7) is 2.50. The number of nitrogens with zero attached hydrogens (tertiary/aromatic N) is 1. The van der Waals surface area contributed by atoms with Gasteiger partial charge in [0.2, 0.25) is 11.8 Å². The minimum Gasteiger partial charge on any atom is -0.475 e. The van der Waals surface area contributed by atoms with E-state index in [0.29, 0.717) is 30.5 Å². The van der Waals surface area contributed by atoms with Crippen LogP contribution < -0.4 is 15.8 Å². The molecule has 0 saturated carbocycles. The first-order chi connectivity index (χ1) is 8.09. The molecule has 0 aliphatic heterocycles. The first-order valence-corrected chi connectivity index (χ1v) is 5.73. The average Bonchev–Trinajstić information content (AvgIpc) is 2.25. The van der Waals surface area contributed by atoms with E-state index < -0.39 is 0 Å². The summed E-state index contributed by atoms with van der Waals surface area (Å²) in [5.41, 5.74) is 5.49. The van der Waals surface area contributed by atoms with Gasteiger partial charge in [0.1, 0.15) is 11.6 Å². The van der Waals surface area contributed by atoms with Gasteiger partial charge >= 0.3 is 0 Å². The number of aromatic nitrogens is 1. The van der Waals surface area contributed by atoms with Crippen LogP contribution in [-0.4, -0.2) is 30.1 Å². The molecule has 6 heteroatoms. The lowest BCUT2D eigenvalue weighted by molar-refractivity contribution is -0.121. The SMILES string of the molecule is CC(N)CC(=O)NCCOc1ncccc1Cl. The van der Waals surface area contributed by atoms with Gasteiger partial charge in [-0.1, -0.05) is 11.6 Å². The third-order valence-electron chi connectivity index (χ3n) is 1.90. The normalized spacial score (nSPS) is 11.9. The summed E-state index contributed by atoms with van der Waals surface area (Å²) >= 11 is 5.84. The molecule has 0 aliphatic rings. The minimum atomic E-state index is -0.138. The number of carbonyl (C=O) groups is 1. The number of hydrogen-bond donors (Lipinski definition) is 2. The maximum Gasteiger partial charge on any atom is 0.232 e. The van der Waals surface area contributed by atoms with Crippen LogP contribution in [0.1, 0.15) is 13.3 Å². The second-order valence-corrected chi connectivity index (χ2v) is 4.08. The molecule has 1 unspecified atom stereocenters. The second kappa shape index (κ2) is 7.09. The number of carbonyl (C=O) groups excluding carboxylic acids is 1. The van der Waals surface area contributed by atoms with Gasteiger partial charge in [-0.15, -0.1) is 0 Å². The molecule has 1 rings (SSSR count). The van der Waals surface area contributed by atoms with E-state index in [4.69, 9.17) is 22.1 Å². The van der Waals surface area contributed by atoms with Crippen LogP contribution in [-0.2, 0) is 4.79 Å². The lowest BCUT2D eigenvalue weighted by Gasteiger charge is -2.08. The molecule has 17 heavy (non-hydrogen) atoms. The maximum atomic E-state index is 11.2. The van der Waals surface area contributed by atoms with E-state index in [9.17, 15) is 4.79 Å². The Morgan fingerprint density at radius 1 is 1.71 bits per heavy atom. The van der Waals surface area contributed by atoms with Crippen LogP contribution in [0.25, 0.3) is 0 Å². The Morgan fingerprint density at radius 3 is 3.12 bits per heavy atom. The molecule has 0 bridgehead atoms. The van der Waals surface area contributed by atoms with E-state index in [1.165, 1.54) is 0 Å². The molecule has 1 aromatic heterocycles. The van der Waals surface area contributed by atoms with E-state index in [1.807, 2.05) is 0 Å². The molecule has 1 amide bonds. The van der Waals surface area contributed by atoms with E-state index in [1.54, 1.807) is 25.3 Å². The molecule has 5 nitrogen and oxygen atoms in total. The summed E-state index contributed by atoms with van der Waals surface area (Å²) in [6.07, 6.45) is 1.90. The largest absolute Gasteiger partial charge is 0.475 e. The number of hydrogen-bond acceptors (Lipinski definition) is 4. The van der Waals surface area contributed by atoms with Crippen LogP contribution >= 0.6 is 11.6 Å². The third-order valence-corrected chi connectivity index (χ3v) is 2.18. The molecule has 3 N–H and O–H groups in total. The Bertz CT molecular complexity index is 371. The quantitative estimate of drug-likeness (QED) is 0.745. The molecule has 0 fully saturated rings. The number of ether oxygens (including phenoxy) is 1. The maximum absolute atomic E-state index is 11.2. The van der Waals surface area contributed by atoms with Gasteiger partial charge in [0, 0.05) is 18.7 Å². The molecule has 1 atom stereocenters. The monoisotopic (exact) mass is 257 g/mol. The van der Waals surface area contributed by atoms with Crippen molar-refractivity contribution in [1.29, 1.82) is 0 Å². The number of amides is 1. The highest BCUT2D eigenvalue weighted by molar-refractivity contribution is 6.31. The summed E-state index contributed by atoms with van der Waals surface area (Å²) < 4.78 is 5.30. The molecule has 94 valence electrons. The average molecular weight is 258 g/mol. The molecule has 1 heterocycles. The van der Waals surface area contributed by atoms with Gasteiger partial charge < -0.3 is 15.8 Å². The fourth-order valence-corrected chi connectivity index (χ4v) is 1.36. The zero-order valence-corrected chi connectivity index (χ0v) is 10.4. The summed E-state index contributed by atoms with van der Waals surface area (Å²) in [4.78, 5) is 15.2. The number of nitrogens with two attached hydrogens (primary N) is 1. The van der Waals surface area contributed by atoms with Crippen molar-refractivity contribution >= 4 is 17.5 Å². The first kappa shape index (κ1) is 13.7. The molecule has 0 aliphatic carbocycles. The van der Waals surface area contributed by atoms with Crippen LogP contribution in [0.15, 0.2) is 18.3 Å². The van der Waals surface area contributed by atoms with Crippen LogP contribution in [0.5, 0.6) is 5.88 Å². The van der Waals surface area contributed by atoms with Gasteiger partial charge in [-0.05, 0) is 19.1 Å². The Labute approximate surface area is 105 Å². The number of rotatable bonds is 6. The highest BCUT2D eigenvalue weighted by Crippen LogP contribution is 2.19. The zero-order chi connectivity index (χ0) is 12.7. The van der Waals surface area contributed by atoms with Gasteiger partial charge in [-0.2, -0.15) is 0 Å². The molecule has 1 aromatic rings. The molecule has 0 spiro atoms. The van der Waals surface area contributed by atoms with E-state index in [0.717, 1.165) is 0 Å². The van der Waals surface area contributed by atoms with Crippen molar-refractivity contribution in [2.45, 2.75) is 19.4 Å². The summed E-state index contributed by atoms with van der Waals surface area (Å²) in [5.74, 6) is 0.284. The van der Waals surface area contributed by atoms with Crippen LogP contribution in [0.2, 0.25) is 5.02 Å². The number of halogens is 1. The van der Waals surface area contributed by atoms with E-state index in [2.05, 4.69) is 10.3 Å². The molecular formula is C11H16ClN3O2. The highest BCUT2D eigenvalue weighted by atomic mass is 35.5. The number of nitrogens with one attached hydrogen (secondary N) is 1. The zero-order valence-electron chi connectivity index (χ0n) is 9.65. The molecule has 0 radical (unpaired) electrons. The minimum absolute atomic E-state index is 0.0873. The third kappa shape index (κ3) is 5.51. The Kier molecular flexibility index (Phi) is 5.72. The second-order valence-electron chi connectivity index (χ2n) is 3.67. The van der Waals surface area contributed by atoms with E-state index >= 15 is 0 Å². The molecule has 0 aromatic carbocycles. The van der Waals surface area contributed by atoms with Crippen LogP contribution in [0.4, 0.5) is 0 Å². The van der Waals surface area contributed by atoms with Crippen molar-refractivity contribution in [1.82, 2.24) is 10.3 Å². The van der Waals surface area contributed by atoms with Crippen molar-refractivity contribution in [3.8, 4) is 5.88 Å². The topological polar surface area (TPSA) is 77.2 Å². The first-order valence-electron chi connectivity index (χ1n) is 5.35. The summed E-state index contributed by atoms with van der Waals surface area (Å²) in [7, 11) is 0. The lowest BCUT2D eigenvalue weighted by Crippen LogP contribution is -2.32. The Balaban J connectivity index is 2.21. The predicted molar refractivity (Wildman–Crippen MR) is 66.0 cm³/mol. The Hall–Kier alpha value is -1.33. The fraction of sp³-hybridized carbons (Fsp3) is 0.455. The predicted octanol–water partition coefficient (Wildman–Crippen LogP) is 0.967. The molecule has 0 saturated heterocycles. The van der Waals surface area contributed by atoms with Crippen LogP contribution in [0.3, 0.4) is 0 Å². The van der Waals surface area contributed by atoms with Crippen LogP contribution in [0, 0.1) is 0 Å². The van der Waals surface area contributed by atoms with Crippen molar-refractivity contribution < 1.29 is 9.53 Å². The van der Waals surface area contributed by atoms with Crippen molar-refractivity contribution in [2.24, 2.45) is 5.73 Å². The summed E-state index contributed by atoms with van der Waals surface area (Å²) in [6, 6.07) is 3.28. The number of pyridine rings is 1.